The lowest BCUT2D eigenvalue weighted by molar-refractivity contribution is -0.139. The molecule has 1 aliphatic rings. The highest BCUT2D eigenvalue weighted by Crippen LogP contribution is 2.37. The number of hydrogen-bond donors (Lipinski definition) is 2. The van der Waals surface area contributed by atoms with Gasteiger partial charge in [-0.1, -0.05) is 29.3 Å². The molecule has 12 heteroatoms. The molecule has 1 saturated heterocycles. The topological polar surface area (TPSA) is 78.9 Å². The summed E-state index contributed by atoms with van der Waals surface area (Å²) in [5.74, 6) is -2.17. The summed E-state index contributed by atoms with van der Waals surface area (Å²) in [5, 5.41) is 12.6. The maximum atomic E-state index is 13.3. The van der Waals surface area contributed by atoms with Crippen molar-refractivity contribution >= 4 is 46.8 Å². The number of carbonyl (C=O) groups is 2. The van der Waals surface area contributed by atoms with Crippen molar-refractivity contribution in [1.82, 2.24) is 10.2 Å². The molecule has 6 nitrogen and oxygen atoms in total. The second-order valence-electron chi connectivity index (χ2n) is 7.58. The zero-order valence-corrected chi connectivity index (χ0v) is 20.0. The Hall–Kier alpha value is -1.98. The summed E-state index contributed by atoms with van der Waals surface area (Å²) >= 11 is 12.7. The molecule has 1 heterocycles. The van der Waals surface area contributed by atoms with Crippen molar-refractivity contribution < 1.29 is 32.6 Å². The number of thioether (sulfide) groups is 1. The van der Waals surface area contributed by atoms with Crippen LogP contribution in [0.15, 0.2) is 41.3 Å². The maximum Gasteiger partial charge on any atom is 0.417 e. The molecule has 1 atom stereocenters. The van der Waals surface area contributed by atoms with Crippen LogP contribution in [-0.2, 0) is 22.3 Å². The van der Waals surface area contributed by atoms with Gasteiger partial charge in [0, 0.05) is 31.1 Å². The largest absolute Gasteiger partial charge is 0.478 e. The Bertz CT molecular complexity index is 1060. The minimum absolute atomic E-state index is 0.210. The van der Waals surface area contributed by atoms with Crippen molar-refractivity contribution in [3.8, 4) is 0 Å². The van der Waals surface area contributed by atoms with Crippen LogP contribution in [0.5, 0.6) is 0 Å². The lowest BCUT2D eigenvalue weighted by Gasteiger charge is -2.33. The van der Waals surface area contributed by atoms with E-state index >= 15 is 0 Å². The molecule has 184 valence electrons. The molecule has 0 radical (unpaired) electrons. The van der Waals surface area contributed by atoms with E-state index in [9.17, 15) is 22.8 Å². The van der Waals surface area contributed by atoms with Gasteiger partial charge in [-0.05, 0) is 35.9 Å². The molecule has 1 amide bonds. The van der Waals surface area contributed by atoms with Gasteiger partial charge in [0.1, 0.15) is 0 Å². The fourth-order valence-corrected chi connectivity index (χ4v) is 4.58. The first-order valence-corrected chi connectivity index (χ1v) is 11.9. The Morgan fingerprint density at radius 1 is 1.18 bits per heavy atom. The molecule has 0 bridgehead atoms. The molecule has 1 aliphatic heterocycles. The van der Waals surface area contributed by atoms with Gasteiger partial charge in [0.05, 0.1) is 39.6 Å². The van der Waals surface area contributed by atoms with E-state index in [-0.39, 0.29) is 23.3 Å². The van der Waals surface area contributed by atoms with E-state index in [1.165, 1.54) is 0 Å². The summed E-state index contributed by atoms with van der Waals surface area (Å²) in [6.07, 6.45) is -5.01. The molecule has 1 fully saturated rings. The van der Waals surface area contributed by atoms with E-state index in [0.29, 0.717) is 54.1 Å². The molecule has 0 unspecified atom stereocenters. The summed E-state index contributed by atoms with van der Waals surface area (Å²) < 4.78 is 45.6. The number of hydrogen-bond acceptors (Lipinski definition) is 5. The second kappa shape index (κ2) is 11.6. The first kappa shape index (κ1) is 26.6. The van der Waals surface area contributed by atoms with E-state index in [1.807, 2.05) is 6.07 Å². The van der Waals surface area contributed by atoms with Crippen LogP contribution in [-0.4, -0.2) is 60.0 Å². The molecule has 0 spiro atoms. The van der Waals surface area contributed by atoms with Gasteiger partial charge in [0.15, 0.2) is 0 Å². The van der Waals surface area contributed by atoms with Gasteiger partial charge in [0.25, 0.3) is 0 Å². The zero-order chi connectivity index (χ0) is 24.9. The predicted molar refractivity (Wildman–Crippen MR) is 124 cm³/mol. The van der Waals surface area contributed by atoms with Crippen molar-refractivity contribution in [3.63, 3.8) is 0 Å². The van der Waals surface area contributed by atoms with Crippen molar-refractivity contribution in [3.05, 3.63) is 63.1 Å². The predicted octanol–water partition coefficient (Wildman–Crippen LogP) is 4.82. The van der Waals surface area contributed by atoms with Crippen molar-refractivity contribution in [2.75, 3.05) is 32.0 Å². The lowest BCUT2D eigenvalue weighted by Crippen LogP contribution is -2.47. The minimum atomic E-state index is -4.74. The molecular weight excluding hydrogens is 516 g/mol. The van der Waals surface area contributed by atoms with Crippen LogP contribution in [0.2, 0.25) is 10.0 Å². The number of nitrogens with one attached hydrogen (secondary N) is 1. The highest BCUT2D eigenvalue weighted by Gasteiger charge is 2.34. The number of morpholine rings is 1. The molecule has 2 aromatic rings. The highest BCUT2D eigenvalue weighted by atomic mass is 35.5. The Kier molecular flexibility index (Phi) is 9.11. The third-order valence-corrected chi connectivity index (χ3v) is 6.84. The van der Waals surface area contributed by atoms with Crippen LogP contribution < -0.4 is 5.32 Å². The number of carboxylic acids is 1. The fourth-order valence-electron chi connectivity index (χ4n) is 3.38. The first-order valence-electron chi connectivity index (χ1n) is 10.1. The van der Waals surface area contributed by atoms with Gasteiger partial charge >= 0.3 is 12.1 Å². The lowest BCUT2D eigenvalue weighted by atomic mass is 10.1. The van der Waals surface area contributed by atoms with Crippen LogP contribution in [0.25, 0.3) is 0 Å². The second-order valence-corrected chi connectivity index (χ2v) is 9.41. The van der Waals surface area contributed by atoms with Crippen molar-refractivity contribution in [2.45, 2.75) is 23.7 Å². The molecule has 0 aliphatic carbocycles. The molecule has 0 saturated carbocycles. The molecular formula is C22H21Cl2F3N2O4S. The van der Waals surface area contributed by atoms with Crippen molar-refractivity contribution in [1.29, 1.82) is 0 Å². The fraction of sp³-hybridized carbons (Fsp3) is 0.364. The number of ether oxygens (including phenoxy) is 1. The standard InChI is InChI=1S/C22H21Cl2F3N2O4S/c23-17-3-1-13(7-18(17)24)10-29-5-6-33-15(11-29)9-28-20(30)12-34-19-4-2-14(21(31)32)8-16(19)22(25,26)27/h1-4,7-8,15H,5-6,9-12H2,(H,28,30)(H,31,32)/t15-/m0/s1. The third kappa shape index (κ3) is 7.51. The van der Waals surface area contributed by atoms with E-state index in [1.54, 1.807) is 12.1 Å². The zero-order valence-electron chi connectivity index (χ0n) is 17.7. The van der Waals surface area contributed by atoms with Crippen LogP contribution in [0.4, 0.5) is 13.2 Å². The number of benzene rings is 2. The van der Waals surface area contributed by atoms with E-state index in [4.69, 9.17) is 33.0 Å². The molecule has 34 heavy (non-hydrogen) atoms. The number of aromatic carboxylic acids is 1. The molecule has 2 aromatic carbocycles. The summed E-state index contributed by atoms with van der Waals surface area (Å²) in [4.78, 5) is 25.1. The van der Waals surface area contributed by atoms with Gasteiger partial charge in [0.2, 0.25) is 5.91 Å². The monoisotopic (exact) mass is 536 g/mol. The Morgan fingerprint density at radius 2 is 1.94 bits per heavy atom. The number of halogens is 5. The summed E-state index contributed by atoms with van der Waals surface area (Å²) in [6, 6.07) is 8.13. The smallest absolute Gasteiger partial charge is 0.417 e. The summed E-state index contributed by atoms with van der Waals surface area (Å²) in [6.45, 7) is 2.57. The number of rotatable bonds is 8. The van der Waals surface area contributed by atoms with E-state index in [2.05, 4.69) is 10.2 Å². The van der Waals surface area contributed by atoms with Gasteiger partial charge in [-0.25, -0.2) is 4.79 Å². The van der Waals surface area contributed by atoms with Crippen LogP contribution >= 0.6 is 35.0 Å². The molecule has 2 N–H and O–H groups in total. The molecule has 0 aromatic heterocycles. The third-order valence-electron chi connectivity index (χ3n) is 5.03. The molecule has 3 rings (SSSR count). The number of nitrogens with zero attached hydrogens (tertiary/aromatic N) is 1. The first-order chi connectivity index (χ1) is 16.0. The van der Waals surface area contributed by atoms with Gasteiger partial charge < -0.3 is 15.2 Å². The van der Waals surface area contributed by atoms with Crippen LogP contribution in [0.1, 0.15) is 21.5 Å². The average Bonchev–Trinajstić information content (AvgIpc) is 2.78. The van der Waals surface area contributed by atoms with Gasteiger partial charge in [-0.3, -0.25) is 9.69 Å². The van der Waals surface area contributed by atoms with Gasteiger partial charge in [-0.2, -0.15) is 13.2 Å². The highest BCUT2D eigenvalue weighted by molar-refractivity contribution is 8.00. The number of alkyl halides is 3. The van der Waals surface area contributed by atoms with Crippen LogP contribution in [0.3, 0.4) is 0 Å². The quantitative estimate of drug-likeness (QED) is 0.471. The Morgan fingerprint density at radius 3 is 2.62 bits per heavy atom. The average molecular weight is 537 g/mol. The van der Waals surface area contributed by atoms with Gasteiger partial charge in [-0.15, -0.1) is 11.8 Å². The Balaban J connectivity index is 1.50. The van der Waals surface area contributed by atoms with E-state index < -0.39 is 29.2 Å². The number of amides is 1. The maximum absolute atomic E-state index is 13.3. The number of carboxylic acid groups (broad SMARTS) is 1. The summed E-state index contributed by atoms with van der Waals surface area (Å²) in [5.41, 5.74) is -0.565. The minimum Gasteiger partial charge on any atom is -0.478 e. The van der Waals surface area contributed by atoms with Crippen molar-refractivity contribution in [2.24, 2.45) is 0 Å². The summed E-state index contributed by atoms with van der Waals surface area (Å²) in [7, 11) is 0. The van der Waals surface area contributed by atoms with Crippen LogP contribution in [0, 0.1) is 0 Å². The van der Waals surface area contributed by atoms with E-state index in [0.717, 1.165) is 17.7 Å². The normalized spacial score (nSPS) is 16.9. The Labute approximate surface area is 208 Å². The number of carbonyl (C=O) groups excluding carboxylic acids is 1. The SMILES string of the molecule is O=C(CSc1ccc(C(=O)O)cc1C(F)(F)F)NC[C@H]1CN(Cc2ccc(Cl)c(Cl)c2)CCO1.